The number of anilines is 2. The summed E-state index contributed by atoms with van der Waals surface area (Å²) in [6.07, 6.45) is 1.75. The fourth-order valence-corrected chi connectivity index (χ4v) is 3.06. The number of carbonyl (C=O) groups excluding carboxylic acids is 1. The van der Waals surface area contributed by atoms with Gasteiger partial charge in [0.25, 0.3) is 0 Å². The van der Waals surface area contributed by atoms with Crippen LogP contribution in [0, 0.1) is 0 Å². The van der Waals surface area contributed by atoms with E-state index in [4.69, 9.17) is 4.74 Å². The first kappa shape index (κ1) is 16.3. The van der Waals surface area contributed by atoms with Crippen molar-refractivity contribution in [2.75, 3.05) is 30.0 Å². The van der Waals surface area contributed by atoms with Gasteiger partial charge in [-0.25, -0.2) is 0 Å². The number of carbonyl (C=O) groups is 1. The Morgan fingerprint density at radius 1 is 1.41 bits per heavy atom. The lowest BCUT2D eigenvalue weighted by Crippen LogP contribution is -2.13. The van der Waals surface area contributed by atoms with Gasteiger partial charge in [0, 0.05) is 12.2 Å². The van der Waals surface area contributed by atoms with Crippen LogP contribution in [0.2, 0.25) is 0 Å². The smallest absolute Gasteiger partial charge is 0.234 e. The molecule has 1 heterocycles. The third-order valence-electron chi connectivity index (χ3n) is 2.50. The molecule has 0 spiro atoms. The minimum Gasteiger partial charge on any atom is -0.497 e. The normalized spacial score (nSPS) is 10.0. The van der Waals surface area contributed by atoms with Gasteiger partial charge in [0.15, 0.2) is 4.34 Å². The van der Waals surface area contributed by atoms with Crippen LogP contribution < -0.4 is 15.4 Å². The first-order valence-electron chi connectivity index (χ1n) is 6.46. The van der Waals surface area contributed by atoms with Crippen molar-refractivity contribution in [1.82, 2.24) is 10.2 Å². The fraction of sp³-hybridized carbons (Fsp3) is 0.214. The number of aromatic nitrogens is 2. The number of hydrogen-bond donors (Lipinski definition) is 2. The summed E-state index contributed by atoms with van der Waals surface area (Å²) in [5.41, 5.74) is 0.733. The van der Waals surface area contributed by atoms with Crippen molar-refractivity contribution in [3.8, 4) is 5.75 Å². The van der Waals surface area contributed by atoms with Crippen molar-refractivity contribution in [3.05, 3.63) is 36.9 Å². The number of amides is 1. The molecule has 2 rings (SSSR count). The Hall–Kier alpha value is -2.06. The molecule has 116 valence electrons. The molecule has 0 saturated carbocycles. The summed E-state index contributed by atoms with van der Waals surface area (Å²) in [4.78, 5) is 11.9. The van der Waals surface area contributed by atoms with Crippen molar-refractivity contribution in [2.24, 2.45) is 0 Å². The summed E-state index contributed by atoms with van der Waals surface area (Å²) in [5, 5.41) is 14.6. The second-order valence-electron chi connectivity index (χ2n) is 4.11. The van der Waals surface area contributed by atoms with Gasteiger partial charge in [-0.05, 0) is 24.3 Å². The first-order valence-corrected chi connectivity index (χ1v) is 8.26. The quantitative estimate of drug-likeness (QED) is 0.570. The maximum absolute atomic E-state index is 11.9. The third kappa shape index (κ3) is 5.05. The van der Waals surface area contributed by atoms with E-state index in [1.165, 1.54) is 23.1 Å². The molecule has 1 amide bonds. The number of nitrogens with zero attached hydrogens (tertiary/aromatic N) is 2. The largest absolute Gasteiger partial charge is 0.497 e. The second-order valence-corrected chi connectivity index (χ2v) is 6.31. The van der Waals surface area contributed by atoms with E-state index in [2.05, 4.69) is 27.4 Å². The van der Waals surface area contributed by atoms with Crippen molar-refractivity contribution >= 4 is 39.8 Å². The number of nitrogens with one attached hydrogen (secondary N) is 2. The van der Waals surface area contributed by atoms with Gasteiger partial charge in [0.2, 0.25) is 11.0 Å². The molecule has 0 atom stereocenters. The number of hydrogen-bond acceptors (Lipinski definition) is 7. The van der Waals surface area contributed by atoms with Crippen molar-refractivity contribution in [3.63, 3.8) is 0 Å². The number of benzene rings is 1. The molecular weight excluding hydrogens is 320 g/mol. The maximum atomic E-state index is 11.9. The average Bonchev–Trinajstić information content (AvgIpc) is 2.99. The molecule has 22 heavy (non-hydrogen) atoms. The summed E-state index contributed by atoms with van der Waals surface area (Å²) in [7, 11) is 1.60. The predicted molar refractivity (Wildman–Crippen MR) is 90.9 cm³/mol. The van der Waals surface area contributed by atoms with Crippen LogP contribution >= 0.6 is 23.1 Å². The molecular formula is C14H16N4O2S2. The van der Waals surface area contributed by atoms with Crippen LogP contribution in [-0.4, -0.2) is 35.5 Å². The number of thioether (sulfide) groups is 1. The van der Waals surface area contributed by atoms with Crippen molar-refractivity contribution < 1.29 is 9.53 Å². The Morgan fingerprint density at radius 2 is 2.18 bits per heavy atom. The predicted octanol–water partition coefficient (Wildman–Crippen LogP) is 2.88. The molecule has 0 bridgehead atoms. The lowest BCUT2D eigenvalue weighted by molar-refractivity contribution is -0.113. The standard InChI is InChI=1S/C14H16N4O2S2/c1-3-8-15-13-17-18-14(22-13)21-9-12(19)16-10-4-6-11(20-2)7-5-10/h3-7H,1,8-9H2,2H3,(H,15,17)(H,16,19). The zero-order valence-electron chi connectivity index (χ0n) is 12.0. The Morgan fingerprint density at radius 3 is 2.86 bits per heavy atom. The van der Waals surface area contributed by atoms with Crippen LogP contribution in [0.1, 0.15) is 0 Å². The molecule has 0 aliphatic rings. The Bertz CT molecular complexity index is 628. The highest BCUT2D eigenvalue weighted by molar-refractivity contribution is 8.01. The van der Waals surface area contributed by atoms with Gasteiger partial charge in [0.05, 0.1) is 12.9 Å². The Labute approximate surface area is 137 Å². The van der Waals surface area contributed by atoms with Crippen LogP contribution in [0.5, 0.6) is 5.75 Å². The molecule has 8 heteroatoms. The van der Waals surface area contributed by atoms with E-state index in [1.54, 1.807) is 37.5 Å². The highest BCUT2D eigenvalue weighted by atomic mass is 32.2. The highest BCUT2D eigenvalue weighted by Crippen LogP contribution is 2.25. The number of methoxy groups -OCH3 is 1. The highest BCUT2D eigenvalue weighted by Gasteiger charge is 2.08. The summed E-state index contributed by atoms with van der Waals surface area (Å²) >= 11 is 2.76. The molecule has 2 N–H and O–H groups in total. The summed E-state index contributed by atoms with van der Waals surface area (Å²) in [6.45, 7) is 4.26. The third-order valence-corrected chi connectivity index (χ3v) is 4.52. The summed E-state index contributed by atoms with van der Waals surface area (Å²) in [6, 6.07) is 7.18. The van der Waals surface area contributed by atoms with Gasteiger partial charge < -0.3 is 15.4 Å². The summed E-state index contributed by atoms with van der Waals surface area (Å²) < 4.78 is 5.81. The van der Waals surface area contributed by atoms with Gasteiger partial charge >= 0.3 is 0 Å². The first-order chi connectivity index (χ1) is 10.7. The molecule has 1 aromatic heterocycles. The number of rotatable bonds is 8. The van der Waals surface area contributed by atoms with Crippen molar-refractivity contribution in [1.29, 1.82) is 0 Å². The molecule has 0 radical (unpaired) electrons. The lowest BCUT2D eigenvalue weighted by atomic mass is 10.3. The average molecular weight is 336 g/mol. The van der Waals surface area contributed by atoms with E-state index in [1.807, 2.05) is 0 Å². The van der Waals surface area contributed by atoms with E-state index in [0.29, 0.717) is 6.54 Å². The van der Waals surface area contributed by atoms with Crippen LogP contribution in [0.3, 0.4) is 0 Å². The Balaban J connectivity index is 1.79. The molecule has 6 nitrogen and oxygen atoms in total. The molecule has 0 fully saturated rings. The van der Waals surface area contributed by atoms with Crippen LogP contribution in [-0.2, 0) is 4.79 Å². The topological polar surface area (TPSA) is 76.1 Å². The van der Waals surface area contributed by atoms with Gasteiger partial charge in [-0.3, -0.25) is 4.79 Å². The molecule has 0 unspecified atom stereocenters. The minimum atomic E-state index is -0.0917. The van der Waals surface area contributed by atoms with Gasteiger partial charge in [-0.2, -0.15) is 0 Å². The van der Waals surface area contributed by atoms with Crippen LogP contribution in [0.25, 0.3) is 0 Å². The molecule has 0 aliphatic heterocycles. The lowest BCUT2D eigenvalue weighted by Gasteiger charge is -2.05. The van der Waals surface area contributed by atoms with Gasteiger partial charge in [-0.15, -0.1) is 16.8 Å². The SMILES string of the molecule is C=CCNc1nnc(SCC(=O)Nc2ccc(OC)cc2)s1. The van der Waals surface area contributed by atoms with Gasteiger partial charge in [-0.1, -0.05) is 29.2 Å². The summed E-state index contributed by atoms with van der Waals surface area (Å²) in [5.74, 6) is 0.939. The monoisotopic (exact) mass is 336 g/mol. The maximum Gasteiger partial charge on any atom is 0.234 e. The minimum absolute atomic E-state index is 0.0917. The van der Waals surface area contributed by atoms with Crippen LogP contribution in [0.15, 0.2) is 41.3 Å². The van der Waals surface area contributed by atoms with E-state index in [0.717, 1.165) is 20.9 Å². The zero-order valence-corrected chi connectivity index (χ0v) is 13.7. The van der Waals surface area contributed by atoms with E-state index < -0.39 is 0 Å². The van der Waals surface area contributed by atoms with Gasteiger partial charge in [0.1, 0.15) is 5.75 Å². The molecule has 0 aliphatic carbocycles. The van der Waals surface area contributed by atoms with E-state index >= 15 is 0 Å². The molecule has 0 saturated heterocycles. The van der Waals surface area contributed by atoms with Crippen LogP contribution in [0.4, 0.5) is 10.8 Å². The fourth-order valence-electron chi connectivity index (χ4n) is 1.50. The molecule has 2 aromatic rings. The zero-order chi connectivity index (χ0) is 15.8. The second kappa shape index (κ2) is 8.40. The van der Waals surface area contributed by atoms with E-state index in [9.17, 15) is 4.79 Å². The van der Waals surface area contributed by atoms with Crippen molar-refractivity contribution in [2.45, 2.75) is 4.34 Å². The Kier molecular flexibility index (Phi) is 6.23. The van der Waals surface area contributed by atoms with E-state index in [-0.39, 0.29) is 11.7 Å². The molecule has 1 aromatic carbocycles. The number of ether oxygens (including phenoxy) is 1.